The van der Waals surface area contributed by atoms with E-state index in [0.717, 1.165) is 0 Å². The standard InChI is InChI=1S/C17H12N4O2/c22-16(13-5-3-9-18-13)20-11-6-7-12-15(10-11)23-17(21-12)14-4-1-2-8-19-14/h1-10,18H,(H,20,22). The fraction of sp³-hybridized carbons (Fsp3) is 0. The maximum atomic E-state index is 12.0. The summed E-state index contributed by atoms with van der Waals surface area (Å²) in [5.41, 5.74) is 3.11. The molecular formula is C17H12N4O2. The van der Waals surface area contributed by atoms with Crippen molar-refractivity contribution in [3.05, 3.63) is 66.6 Å². The van der Waals surface area contributed by atoms with Gasteiger partial charge >= 0.3 is 0 Å². The molecule has 2 N–H and O–H groups in total. The number of hydrogen-bond acceptors (Lipinski definition) is 4. The SMILES string of the molecule is O=C(Nc1ccc2nc(-c3ccccn3)oc2c1)c1ccc[nH]1. The molecule has 23 heavy (non-hydrogen) atoms. The van der Waals surface area contributed by atoms with E-state index in [1.54, 1.807) is 42.7 Å². The maximum absolute atomic E-state index is 12.0. The molecule has 0 fully saturated rings. The van der Waals surface area contributed by atoms with Gasteiger partial charge < -0.3 is 14.7 Å². The number of hydrogen-bond donors (Lipinski definition) is 2. The molecule has 6 heteroatoms. The van der Waals surface area contributed by atoms with E-state index in [2.05, 4.69) is 20.3 Å². The Hall–Kier alpha value is -3.41. The Morgan fingerprint density at radius 3 is 2.87 bits per heavy atom. The van der Waals surface area contributed by atoms with Gasteiger partial charge in [-0.3, -0.25) is 9.78 Å². The lowest BCUT2D eigenvalue weighted by atomic mass is 10.2. The number of carbonyl (C=O) groups excluding carboxylic acids is 1. The number of anilines is 1. The minimum atomic E-state index is -0.209. The lowest BCUT2D eigenvalue weighted by molar-refractivity contribution is 0.102. The minimum Gasteiger partial charge on any atom is -0.435 e. The first-order valence-corrected chi connectivity index (χ1v) is 7.06. The normalized spacial score (nSPS) is 10.8. The van der Waals surface area contributed by atoms with Gasteiger partial charge in [-0.05, 0) is 36.4 Å². The number of fused-ring (bicyclic) bond motifs is 1. The first kappa shape index (κ1) is 13.3. The monoisotopic (exact) mass is 304 g/mol. The Bertz CT molecular complexity index is 959. The number of nitrogens with zero attached hydrogens (tertiary/aromatic N) is 2. The number of amides is 1. The van der Waals surface area contributed by atoms with Crippen LogP contribution in [-0.2, 0) is 0 Å². The zero-order valence-electron chi connectivity index (χ0n) is 12.0. The Kier molecular flexibility index (Phi) is 3.12. The van der Waals surface area contributed by atoms with Gasteiger partial charge in [0.1, 0.15) is 16.9 Å². The molecule has 112 valence electrons. The Morgan fingerprint density at radius 2 is 2.09 bits per heavy atom. The highest BCUT2D eigenvalue weighted by atomic mass is 16.3. The highest BCUT2D eigenvalue weighted by Crippen LogP contribution is 2.25. The fourth-order valence-electron chi connectivity index (χ4n) is 2.27. The molecule has 3 heterocycles. The van der Waals surface area contributed by atoms with Gasteiger partial charge in [0.2, 0.25) is 5.89 Å². The van der Waals surface area contributed by atoms with E-state index >= 15 is 0 Å². The zero-order chi connectivity index (χ0) is 15.6. The number of H-pyrrole nitrogens is 1. The van der Waals surface area contributed by atoms with Gasteiger partial charge in [0.05, 0.1) is 0 Å². The second kappa shape index (κ2) is 5.42. The summed E-state index contributed by atoms with van der Waals surface area (Å²) in [4.78, 5) is 23.5. The number of pyridine rings is 1. The summed E-state index contributed by atoms with van der Waals surface area (Å²) in [7, 11) is 0. The third-order valence-corrected chi connectivity index (χ3v) is 3.37. The largest absolute Gasteiger partial charge is 0.435 e. The number of oxazole rings is 1. The summed E-state index contributed by atoms with van der Waals surface area (Å²) in [5.74, 6) is 0.243. The number of aromatic nitrogens is 3. The molecule has 0 bridgehead atoms. The molecule has 0 aliphatic heterocycles. The number of rotatable bonds is 3. The predicted octanol–water partition coefficient (Wildman–Crippen LogP) is 3.47. The topological polar surface area (TPSA) is 83.8 Å². The molecule has 1 aromatic carbocycles. The van der Waals surface area contributed by atoms with Crippen LogP contribution < -0.4 is 5.32 Å². The average Bonchev–Trinajstić information content (AvgIpc) is 3.25. The second-order valence-electron chi connectivity index (χ2n) is 4.95. The lowest BCUT2D eigenvalue weighted by Gasteiger charge is -2.02. The van der Waals surface area contributed by atoms with Crippen LogP contribution in [-0.4, -0.2) is 20.9 Å². The third-order valence-electron chi connectivity index (χ3n) is 3.37. The molecule has 0 aliphatic carbocycles. The van der Waals surface area contributed by atoms with E-state index in [9.17, 15) is 4.79 Å². The van der Waals surface area contributed by atoms with Crippen molar-refractivity contribution in [1.82, 2.24) is 15.0 Å². The molecule has 4 aromatic rings. The van der Waals surface area contributed by atoms with Crippen LogP contribution in [0.3, 0.4) is 0 Å². The van der Waals surface area contributed by atoms with Crippen molar-refractivity contribution >= 4 is 22.7 Å². The summed E-state index contributed by atoms with van der Waals surface area (Å²) in [6, 6.07) is 14.4. The van der Waals surface area contributed by atoms with Gasteiger partial charge in [-0.15, -0.1) is 0 Å². The number of aromatic amines is 1. The Morgan fingerprint density at radius 1 is 1.13 bits per heavy atom. The van der Waals surface area contributed by atoms with Crippen molar-refractivity contribution in [2.45, 2.75) is 0 Å². The predicted molar refractivity (Wildman–Crippen MR) is 86.0 cm³/mol. The van der Waals surface area contributed by atoms with Gasteiger partial charge in [-0.25, -0.2) is 4.98 Å². The summed E-state index contributed by atoms with van der Waals surface area (Å²) in [6.07, 6.45) is 3.39. The van der Waals surface area contributed by atoms with Crippen LogP contribution in [0.1, 0.15) is 10.5 Å². The first-order valence-electron chi connectivity index (χ1n) is 7.06. The van der Waals surface area contributed by atoms with Crippen LogP contribution in [0.4, 0.5) is 5.69 Å². The van der Waals surface area contributed by atoms with Gasteiger partial charge in [-0.2, -0.15) is 0 Å². The number of benzene rings is 1. The summed E-state index contributed by atoms with van der Waals surface area (Å²) in [5, 5.41) is 2.81. The molecule has 4 rings (SSSR count). The van der Waals surface area contributed by atoms with Gasteiger partial charge in [0, 0.05) is 24.1 Å². The van der Waals surface area contributed by atoms with Crippen LogP contribution >= 0.6 is 0 Å². The van der Waals surface area contributed by atoms with Crippen molar-refractivity contribution < 1.29 is 9.21 Å². The van der Waals surface area contributed by atoms with Crippen molar-refractivity contribution in [3.8, 4) is 11.6 Å². The highest BCUT2D eigenvalue weighted by molar-refractivity contribution is 6.03. The first-order chi connectivity index (χ1) is 11.3. The molecule has 1 amide bonds. The van der Waals surface area contributed by atoms with Crippen molar-refractivity contribution in [3.63, 3.8) is 0 Å². The minimum absolute atomic E-state index is 0.209. The molecule has 0 saturated heterocycles. The van der Waals surface area contributed by atoms with Crippen molar-refractivity contribution in [2.24, 2.45) is 0 Å². The molecule has 0 aliphatic rings. The number of nitrogens with one attached hydrogen (secondary N) is 2. The van der Waals surface area contributed by atoms with Crippen molar-refractivity contribution in [1.29, 1.82) is 0 Å². The van der Waals surface area contributed by atoms with Gasteiger partial charge in [-0.1, -0.05) is 6.07 Å². The van der Waals surface area contributed by atoms with Gasteiger partial charge in [0.15, 0.2) is 5.58 Å². The molecule has 0 unspecified atom stereocenters. The quantitative estimate of drug-likeness (QED) is 0.607. The molecular weight excluding hydrogens is 292 g/mol. The van der Waals surface area contributed by atoms with Crippen LogP contribution in [0.15, 0.2) is 65.3 Å². The van der Waals surface area contributed by atoms with E-state index in [1.165, 1.54) is 0 Å². The molecule has 0 atom stereocenters. The smallest absolute Gasteiger partial charge is 0.272 e. The van der Waals surface area contributed by atoms with Gasteiger partial charge in [0.25, 0.3) is 5.91 Å². The summed E-state index contributed by atoms with van der Waals surface area (Å²) < 4.78 is 5.73. The van der Waals surface area contributed by atoms with E-state index in [1.807, 2.05) is 18.2 Å². The maximum Gasteiger partial charge on any atom is 0.272 e. The average molecular weight is 304 g/mol. The van der Waals surface area contributed by atoms with E-state index in [-0.39, 0.29) is 5.91 Å². The third kappa shape index (κ3) is 2.57. The molecule has 0 radical (unpaired) electrons. The summed E-state index contributed by atoms with van der Waals surface area (Å²) in [6.45, 7) is 0. The van der Waals surface area contributed by atoms with Crippen LogP contribution in [0, 0.1) is 0 Å². The van der Waals surface area contributed by atoms with E-state index in [4.69, 9.17) is 4.42 Å². The van der Waals surface area contributed by atoms with E-state index < -0.39 is 0 Å². The Labute approximate surface area is 131 Å². The molecule has 6 nitrogen and oxygen atoms in total. The van der Waals surface area contributed by atoms with Crippen molar-refractivity contribution in [2.75, 3.05) is 5.32 Å². The van der Waals surface area contributed by atoms with Crippen LogP contribution in [0.25, 0.3) is 22.7 Å². The fourth-order valence-corrected chi connectivity index (χ4v) is 2.27. The highest BCUT2D eigenvalue weighted by Gasteiger charge is 2.11. The summed E-state index contributed by atoms with van der Waals surface area (Å²) >= 11 is 0. The van der Waals surface area contributed by atoms with Crippen LogP contribution in [0.5, 0.6) is 0 Å². The van der Waals surface area contributed by atoms with E-state index in [0.29, 0.717) is 34.1 Å². The van der Waals surface area contributed by atoms with Crippen LogP contribution in [0.2, 0.25) is 0 Å². The molecule has 0 spiro atoms. The zero-order valence-corrected chi connectivity index (χ0v) is 12.0. The Balaban J connectivity index is 1.64. The molecule has 3 aromatic heterocycles. The molecule has 0 saturated carbocycles. The lowest BCUT2D eigenvalue weighted by Crippen LogP contribution is -2.11. The number of carbonyl (C=O) groups is 1. The second-order valence-corrected chi connectivity index (χ2v) is 4.95.